The molecule has 0 spiro atoms. The molecule has 0 saturated carbocycles. The van der Waals surface area contributed by atoms with Crippen LogP contribution in [-0.2, 0) is 10.5 Å². The molecular formula is C17H20N2OS. The number of anilines is 2. The lowest BCUT2D eigenvalue weighted by Gasteiger charge is -2.09. The second-order valence-corrected chi connectivity index (χ2v) is 6.02. The highest BCUT2D eigenvalue weighted by Gasteiger charge is 2.05. The van der Waals surface area contributed by atoms with Crippen LogP contribution in [0.15, 0.2) is 48.5 Å². The predicted octanol–water partition coefficient (Wildman–Crippen LogP) is 3.84. The van der Waals surface area contributed by atoms with Crippen LogP contribution >= 0.6 is 11.8 Å². The molecule has 0 atom stereocenters. The molecule has 0 saturated heterocycles. The number of aryl methyl sites for hydroxylation is 1. The first kappa shape index (κ1) is 15.4. The highest BCUT2D eigenvalue weighted by Crippen LogP contribution is 2.19. The van der Waals surface area contributed by atoms with Gasteiger partial charge in [-0.15, -0.1) is 0 Å². The van der Waals surface area contributed by atoms with E-state index in [9.17, 15) is 4.79 Å². The standard InChI is InChI=1S/C17H20N2OS/c1-13-7-8-15(18)11-16(13)19-17(20)9-10-21-12-14-5-3-2-4-6-14/h2-8,11H,9-10,12,18H2,1H3,(H,19,20). The quantitative estimate of drug-likeness (QED) is 0.629. The van der Waals surface area contributed by atoms with Gasteiger partial charge in [-0.05, 0) is 30.2 Å². The summed E-state index contributed by atoms with van der Waals surface area (Å²) < 4.78 is 0. The first-order valence-electron chi connectivity index (χ1n) is 6.93. The van der Waals surface area contributed by atoms with Gasteiger partial charge >= 0.3 is 0 Å². The second kappa shape index (κ2) is 7.74. The van der Waals surface area contributed by atoms with Crippen molar-refractivity contribution in [2.24, 2.45) is 0 Å². The Kier molecular flexibility index (Phi) is 5.69. The molecule has 0 unspecified atom stereocenters. The van der Waals surface area contributed by atoms with Gasteiger partial charge < -0.3 is 11.1 Å². The Bertz CT molecular complexity index is 599. The van der Waals surface area contributed by atoms with Crippen molar-refractivity contribution < 1.29 is 4.79 Å². The predicted molar refractivity (Wildman–Crippen MR) is 91.4 cm³/mol. The molecule has 21 heavy (non-hydrogen) atoms. The fourth-order valence-corrected chi connectivity index (χ4v) is 2.82. The maximum Gasteiger partial charge on any atom is 0.225 e. The second-order valence-electron chi connectivity index (χ2n) is 4.91. The van der Waals surface area contributed by atoms with Gasteiger partial charge in [0.15, 0.2) is 0 Å². The van der Waals surface area contributed by atoms with Crippen LogP contribution in [0.2, 0.25) is 0 Å². The molecule has 0 radical (unpaired) electrons. The molecule has 0 aromatic heterocycles. The molecule has 1 amide bonds. The third kappa shape index (κ3) is 5.16. The average molecular weight is 300 g/mol. The number of hydrogen-bond donors (Lipinski definition) is 2. The van der Waals surface area contributed by atoms with Crippen molar-refractivity contribution in [2.75, 3.05) is 16.8 Å². The molecule has 0 fully saturated rings. The van der Waals surface area contributed by atoms with Gasteiger partial charge in [-0.1, -0.05) is 36.4 Å². The molecule has 110 valence electrons. The van der Waals surface area contributed by atoms with Crippen molar-refractivity contribution in [2.45, 2.75) is 19.1 Å². The number of hydrogen-bond acceptors (Lipinski definition) is 3. The SMILES string of the molecule is Cc1ccc(N)cc1NC(=O)CCSCc1ccccc1. The first-order chi connectivity index (χ1) is 10.1. The number of benzene rings is 2. The van der Waals surface area contributed by atoms with Gasteiger partial charge in [-0.3, -0.25) is 4.79 Å². The largest absolute Gasteiger partial charge is 0.399 e. The molecule has 4 heteroatoms. The van der Waals surface area contributed by atoms with Crippen LogP contribution < -0.4 is 11.1 Å². The normalized spacial score (nSPS) is 10.3. The number of thioether (sulfide) groups is 1. The minimum Gasteiger partial charge on any atom is -0.399 e. The molecular weight excluding hydrogens is 280 g/mol. The molecule has 0 aliphatic rings. The summed E-state index contributed by atoms with van der Waals surface area (Å²) in [4.78, 5) is 11.9. The van der Waals surface area contributed by atoms with Gasteiger partial charge in [-0.25, -0.2) is 0 Å². The molecule has 0 aliphatic heterocycles. The van der Waals surface area contributed by atoms with Crippen molar-refractivity contribution in [3.05, 3.63) is 59.7 Å². The van der Waals surface area contributed by atoms with Crippen molar-refractivity contribution in [3.8, 4) is 0 Å². The van der Waals surface area contributed by atoms with Crippen LogP contribution in [0.1, 0.15) is 17.5 Å². The lowest BCUT2D eigenvalue weighted by molar-refractivity contribution is -0.115. The third-order valence-electron chi connectivity index (χ3n) is 3.12. The topological polar surface area (TPSA) is 55.1 Å². The fraction of sp³-hybridized carbons (Fsp3) is 0.235. The number of amides is 1. The minimum absolute atomic E-state index is 0.0317. The van der Waals surface area contributed by atoms with Gasteiger partial charge in [0.25, 0.3) is 0 Å². The monoisotopic (exact) mass is 300 g/mol. The summed E-state index contributed by atoms with van der Waals surface area (Å²) in [6.45, 7) is 1.96. The van der Waals surface area contributed by atoms with E-state index in [4.69, 9.17) is 5.73 Å². The summed E-state index contributed by atoms with van der Waals surface area (Å²) in [5, 5.41) is 2.92. The molecule has 3 N–H and O–H groups in total. The fourth-order valence-electron chi connectivity index (χ4n) is 1.92. The molecule has 0 bridgehead atoms. The third-order valence-corrected chi connectivity index (χ3v) is 4.15. The van der Waals surface area contributed by atoms with Gasteiger partial charge in [0, 0.05) is 29.3 Å². The highest BCUT2D eigenvalue weighted by atomic mass is 32.2. The number of carbonyl (C=O) groups is 1. The molecule has 2 aromatic rings. The summed E-state index contributed by atoms with van der Waals surface area (Å²) in [6, 6.07) is 15.8. The molecule has 2 aromatic carbocycles. The molecule has 0 aliphatic carbocycles. The maximum absolute atomic E-state index is 11.9. The Morgan fingerprint density at radius 3 is 2.71 bits per heavy atom. The van der Waals surface area contributed by atoms with Gasteiger partial charge in [0.2, 0.25) is 5.91 Å². The Balaban J connectivity index is 1.74. The van der Waals surface area contributed by atoms with Crippen molar-refractivity contribution in [1.82, 2.24) is 0 Å². The van der Waals surface area contributed by atoms with Crippen molar-refractivity contribution >= 4 is 29.0 Å². The van der Waals surface area contributed by atoms with Gasteiger partial charge in [0.05, 0.1) is 0 Å². The minimum atomic E-state index is 0.0317. The zero-order valence-corrected chi connectivity index (χ0v) is 13.0. The van der Waals surface area contributed by atoms with E-state index in [1.807, 2.05) is 37.3 Å². The Hall–Kier alpha value is -1.94. The number of nitrogens with one attached hydrogen (secondary N) is 1. The van der Waals surface area contributed by atoms with E-state index in [-0.39, 0.29) is 5.91 Å². The average Bonchev–Trinajstić information content (AvgIpc) is 2.48. The van der Waals surface area contributed by atoms with E-state index in [1.165, 1.54) is 5.56 Å². The maximum atomic E-state index is 11.9. The number of nitrogen functional groups attached to an aromatic ring is 1. The Morgan fingerprint density at radius 1 is 1.19 bits per heavy atom. The summed E-state index contributed by atoms with van der Waals surface area (Å²) in [6.07, 6.45) is 0.506. The highest BCUT2D eigenvalue weighted by molar-refractivity contribution is 7.98. The zero-order valence-electron chi connectivity index (χ0n) is 12.1. The molecule has 0 heterocycles. The first-order valence-corrected chi connectivity index (χ1v) is 8.08. The van der Waals surface area contributed by atoms with Crippen LogP contribution in [0.25, 0.3) is 0 Å². The number of nitrogens with two attached hydrogens (primary N) is 1. The van der Waals surface area contributed by atoms with Crippen LogP contribution in [0.3, 0.4) is 0 Å². The smallest absolute Gasteiger partial charge is 0.225 e. The van der Waals surface area contributed by atoms with Gasteiger partial charge in [-0.2, -0.15) is 11.8 Å². The van der Waals surface area contributed by atoms with E-state index in [0.29, 0.717) is 12.1 Å². The van der Waals surface area contributed by atoms with E-state index in [0.717, 1.165) is 22.8 Å². The van der Waals surface area contributed by atoms with Gasteiger partial charge in [0.1, 0.15) is 0 Å². The van der Waals surface area contributed by atoms with Crippen LogP contribution in [-0.4, -0.2) is 11.7 Å². The summed E-state index contributed by atoms with van der Waals surface area (Å²) >= 11 is 1.77. The lowest BCUT2D eigenvalue weighted by atomic mass is 10.2. The van der Waals surface area contributed by atoms with E-state index in [1.54, 1.807) is 17.8 Å². The van der Waals surface area contributed by atoms with Crippen LogP contribution in [0.5, 0.6) is 0 Å². The van der Waals surface area contributed by atoms with E-state index < -0.39 is 0 Å². The summed E-state index contributed by atoms with van der Waals surface area (Å²) in [5.74, 6) is 1.78. The lowest BCUT2D eigenvalue weighted by Crippen LogP contribution is -2.13. The number of rotatable bonds is 6. The Morgan fingerprint density at radius 2 is 1.95 bits per heavy atom. The zero-order chi connectivity index (χ0) is 15.1. The number of carbonyl (C=O) groups excluding carboxylic acids is 1. The van der Waals surface area contributed by atoms with Crippen LogP contribution in [0.4, 0.5) is 11.4 Å². The Labute approximate surface area is 129 Å². The van der Waals surface area contributed by atoms with Crippen LogP contribution in [0, 0.1) is 6.92 Å². The summed E-state index contributed by atoms with van der Waals surface area (Å²) in [5.41, 5.74) is 9.50. The van der Waals surface area contributed by atoms with Crippen molar-refractivity contribution in [1.29, 1.82) is 0 Å². The van der Waals surface area contributed by atoms with E-state index >= 15 is 0 Å². The van der Waals surface area contributed by atoms with E-state index in [2.05, 4.69) is 17.4 Å². The molecule has 3 nitrogen and oxygen atoms in total. The molecule has 2 rings (SSSR count). The summed E-state index contributed by atoms with van der Waals surface area (Å²) in [7, 11) is 0. The van der Waals surface area contributed by atoms with Crippen molar-refractivity contribution in [3.63, 3.8) is 0 Å².